The molecule has 0 fully saturated rings. The summed E-state index contributed by atoms with van der Waals surface area (Å²) in [5, 5.41) is 10.6. The molecule has 8 aromatic rings. The molecule has 0 saturated heterocycles. The van der Waals surface area contributed by atoms with Gasteiger partial charge in [0.2, 0.25) is 0 Å². The fraction of sp³-hybridized carbons (Fsp3) is 0.0435. The van der Waals surface area contributed by atoms with Crippen LogP contribution in [0.15, 0.2) is 175 Å². The van der Waals surface area contributed by atoms with E-state index in [0.717, 1.165) is 12.1 Å². The van der Waals surface area contributed by atoms with Gasteiger partial charge in [0, 0.05) is 26.6 Å². The molecule has 1 aliphatic carbocycles. The third-order valence-electron chi connectivity index (χ3n) is 10.1. The summed E-state index contributed by atoms with van der Waals surface area (Å²) >= 11 is 2.01. The molecule has 0 N–H and O–H groups in total. The van der Waals surface area contributed by atoms with Gasteiger partial charge < -0.3 is 4.90 Å². The molecule has 2 aliphatic rings. The molecular weight excluding hydrogens is 599 g/mol. The largest absolute Gasteiger partial charge is 0.309 e. The van der Waals surface area contributed by atoms with E-state index in [2.05, 4.69) is 175 Å². The zero-order chi connectivity index (χ0) is 31.6. The molecule has 1 unspecified atom stereocenters. The van der Waals surface area contributed by atoms with Gasteiger partial charge in [0.05, 0.1) is 11.4 Å². The van der Waals surface area contributed by atoms with E-state index in [1.165, 1.54) is 81.6 Å². The molecule has 10 rings (SSSR count). The van der Waals surface area contributed by atoms with Crippen LogP contribution in [0.4, 0.5) is 17.1 Å². The van der Waals surface area contributed by atoms with Crippen LogP contribution in [0, 0.1) is 0 Å². The van der Waals surface area contributed by atoms with E-state index in [1.807, 2.05) is 11.8 Å². The number of hydrogen-bond acceptors (Lipinski definition) is 2. The lowest BCUT2D eigenvalue weighted by molar-refractivity contribution is 1.09. The van der Waals surface area contributed by atoms with Crippen LogP contribution in [-0.2, 0) is 0 Å². The summed E-state index contributed by atoms with van der Waals surface area (Å²) in [5.74, 6) is 0. The van der Waals surface area contributed by atoms with Gasteiger partial charge in [-0.05, 0) is 97.4 Å². The highest BCUT2D eigenvalue weighted by molar-refractivity contribution is 8.00. The molecule has 2 heteroatoms. The minimum atomic E-state index is 0.504. The number of nitrogens with zero attached hydrogens (tertiary/aromatic N) is 1. The normalized spacial score (nSPS) is 15.2. The van der Waals surface area contributed by atoms with Crippen LogP contribution in [0.5, 0.6) is 0 Å². The molecule has 8 aromatic carbocycles. The van der Waals surface area contributed by atoms with Crippen molar-refractivity contribution in [1.29, 1.82) is 0 Å². The van der Waals surface area contributed by atoms with Crippen molar-refractivity contribution in [3.8, 4) is 11.1 Å². The van der Waals surface area contributed by atoms with Crippen molar-refractivity contribution in [2.45, 2.75) is 16.6 Å². The van der Waals surface area contributed by atoms with Crippen LogP contribution in [-0.4, -0.2) is 5.25 Å². The fourth-order valence-corrected chi connectivity index (χ4v) is 9.16. The summed E-state index contributed by atoms with van der Waals surface area (Å²) in [6, 6.07) is 56.1. The lowest BCUT2D eigenvalue weighted by Crippen LogP contribution is -2.11. The molecule has 0 radical (unpaired) electrons. The molecule has 1 heterocycles. The van der Waals surface area contributed by atoms with Crippen molar-refractivity contribution in [3.05, 3.63) is 175 Å². The van der Waals surface area contributed by atoms with Crippen LogP contribution in [0.3, 0.4) is 0 Å². The maximum absolute atomic E-state index is 2.50. The lowest BCUT2D eigenvalue weighted by atomic mass is 9.93. The number of fused-ring (bicyclic) bond motifs is 9. The van der Waals surface area contributed by atoms with Gasteiger partial charge in [0.15, 0.2) is 0 Å². The first-order chi connectivity index (χ1) is 23.8. The van der Waals surface area contributed by atoms with Crippen molar-refractivity contribution in [2.75, 3.05) is 4.90 Å². The average molecular weight is 630 g/mol. The van der Waals surface area contributed by atoms with E-state index in [1.54, 1.807) is 0 Å². The van der Waals surface area contributed by atoms with Crippen molar-refractivity contribution in [3.63, 3.8) is 0 Å². The molecule has 0 bridgehead atoms. The highest BCUT2D eigenvalue weighted by atomic mass is 32.2. The zero-order valence-electron chi connectivity index (χ0n) is 26.3. The Morgan fingerprint density at radius 2 is 1.23 bits per heavy atom. The van der Waals surface area contributed by atoms with Gasteiger partial charge >= 0.3 is 0 Å². The second kappa shape index (κ2) is 11.0. The predicted octanol–water partition coefficient (Wildman–Crippen LogP) is 13.3. The van der Waals surface area contributed by atoms with Gasteiger partial charge in [-0.25, -0.2) is 0 Å². The van der Waals surface area contributed by atoms with Crippen LogP contribution in [0.1, 0.15) is 12.0 Å². The van der Waals surface area contributed by atoms with E-state index in [9.17, 15) is 0 Å². The van der Waals surface area contributed by atoms with E-state index < -0.39 is 0 Å². The maximum atomic E-state index is 2.50. The first kappa shape index (κ1) is 27.5. The molecule has 1 atom stereocenters. The average Bonchev–Trinajstić information content (AvgIpc) is 3.52. The van der Waals surface area contributed by atoms with E-state index in [-0.39, 0.29) is 0 Å². The summed E-state index contributed by atoms with van der Waals surface area (Å²) in [6.07, 6.45) is 7.94. The number of benzene rings is 8. The lowest BCUT2D eigenvalue weighted by Gasteiger charge is -2.29. The SMILES string of the molecule is C1=CCC2Sc3cc4cccc(N(c5ccc(-c6ccccc6)cc5)c5cc6c7ccccc7ccc6c6ccccc56)c4cc3C2=C1. The van der Waals surface area contributed by atoms with E-state index in [4.69, 9.17) is 0 Å². The molecule has 226 valence electrons. The monoisotopic (exact) mass is 629 g/mol. The number of thioether (sulfide) groups is 1. The Balaban J connectivity index is 1.27. The molecule has 1 nitrogen and oxygen atoms in total. The minimum Gasteiger partial charge on any atom is -0.309 e. The van der Waals surface area contributed by atoms with Gasteiger partial charge in [-0.2, -0.15) is 0 Å². The zero-order valence-corrected chi connectivity index (χ0v) is 27.1. The van der Waals surface area contributed by atoms with Crippen LogP contribution in [0.25, 0.3) is 59.8 Å². The summed E-state index contributed by atoms with van der Waals surface area (Å²) < 4.78 is 0. The number of rotatable bonds is 4. The van der Waals surface area contributed by atoms with E-state index in [0.29, 0.717) is 5.25 Å². The Morgan fingerprint density at radius 1 is 0.500 bits per heavy atom. The fourth-order valence-electron chi connectivity index (χ4n) is 7.81. The summed E-state index contributed by atoms with van der Waals surface area (Å²) in [5.41, 5.74) is 8.78. The number of allylic oxidation sites excluding steroid dienone is 3. The third-order valence-corrected chi connectivity index (χ3v) is 11.4. The van der Waals surface area contributed by atoms with Crippen LogP contribution >= 0.6 is 11.8 Å². The molecule has 48 heavy (non-hydrogen) atoms. The van der Waals surface area contributed by atoms with Crippen molar-refractivity contribution in [1.82, 2.24) is 0 Å². The quantitative estimate of drug-likeness (QED) is 0.178. The molecule has 0 aromatic heterocycles. The maximum Gasteiger partial charge on any atom is 0.0546 e. The van der Waals surface area contributed by atoms with Gasteiger partial charge in [-0.3, -0.25) is 0 Å². The second-order valence-corrected chi connectivity index (χ2v) is 14.1. The molecule has 0 amide bonds. The van der Waals surface area contributed by atoms with Crippen molar-refractivity contribution >= 4 is 77.5 Å². The number of hydrogen-bond donors (Lipinski definition) is 0. The first-order valence-electron chi connectivity index (χ1n) is 16.7. The molecule has 0 spiro atoms. The smallest absolute Gasteiger partial charge is 0.0546 e. The highest BCUT2D eigenvalue weighted by Crippen LogP contribution is 2.51. The molecule has 1 aliphatic heterocycles. The van der Waals surface area contributed by atoms with Crippen LogP contribution in [0.2, 0.25) is 0 Å². The predicted molar refractivity (Wildman–Crippen MR) is 208 cm³/mol. The Labute approximate surface area is 284 Å². The topological polar surface area (TPSA) is 3.24 Å². The number of anilines is 3. The van der Waals surface area contributed by atoms with Crippen molar-refractivity contribution < 1.29 is 0 Å². The summed E-state index contributed by atoms with van der Waals surface area (Å²) in [4.78, 5) is 3.89. The Hall–Kier alpha value is -5.57. The van der Waals surface area contributed by atoms with Gasteiger partial charge in [0.1, 0.15) is 0 Å². The first-order valence-corrected chi connectivity index (χ1v) is 17.6. The van der Waals surface area contributed by atoms with E-state index >= 15 is 0 Å². The Kier molecular flexibility index (Phi) is 6.32. The van der Waals surface area contributed by atoms with Gasteiger partial charge in [-0.15, -0.1) is 11.8 Å². The Morgan fingerprint density at radius 3 is 2.10 bits per heavy atom. The summed E-state index contributed by atoms with van der Waals surface area (Å²) in [6.45, 7) is 0. The molecule has 0 saturated carbocycles. The van der Waals surface area contributed by atoms with Gasteiger partial charge in [-0.1, -0.05) is 133 Å². The highest BCUT2D eigenvalue weighted by Gasteiger charge is 2.29. The van der Waals surface area contributed by atoms with Crippen molar-refractivity contribution in [2.24, 2.45) is 0 Å². The third kappa shape index (κ3) is 4.33. The standard InChI is InChI=1S/C46H31NS/c1-2-11-30(12-3-1)31-21-24-34(25-22-31)47(43-19-10-14-33-27-46-42(28-40(33)43)39-18-8-9-20-45(39)48-46)44-29-41-35-15-5-4-13-32(35)23-26-37(41)36-16-6-7-17-38(36)44/h1-19,21-29,45H,20H2. The second-order valence-electron chi connectivity index (χ2n) is 12.8. The minimum absolute atomic E-state index is 0.504. The van der Waals surface area contributed by atoms with Gasteiger partial charge in [0.25, 0.3) is 0 Å². The Bertz CT molecular complexity index is 2610. The van der Waals surface area contributed by atoms with Crippen LogP contribution < -0.4 is 4.90 Å². The summed E-state index contributed by atoms with van der Waals surface area (Å²) in [7, 11) is 0. The molecular formula is C46H31NS.